The maximum absolute atomic E-state index is 13.5. The highest BCUT2D eigenvalue weighted by Gasteiger charge is 2.34. The first-order valence-electron chi connectivity index (χ1n) is 10.6. The van der Waals surface area contributed by atoms with Gasteiger partial charge in [-0.25, -0.2) is 5.01 Å². The molecular formula is C26H22N4O3. The third-order valence-corrected chi connectivity index (χ3v) is 5.74. The molecule has 0 aliphatic carbocycles. The van der Waals surface area contributed by atoms with E-state index in [1.807, 2.05) is 42.5 Å². The van der Waals surface area contributed by atoms with Gasteiger partial charge in [0.05, 0.1) is 37.0 Å². The van der Waals surface area contributed by atoms with Gasteiger partial charge in [-0.1, -0.05) is 18.2 Å². The van der Waals surface area contributed by atoms with Gasteiger partial charge >= 0.3 is 0 Å². The minimum absolute atomic E-state index is 0.181. The first-order chi connectivity index (χ1) is 16.2. The van der Waals surface area contributed by atoms with E-state index in [4.69, 9.17) is 14.6 Å². The van der Waals surface area contributed by atoms with E-state index in [-0.39, 0.29) is 11.9 Å². The van der Waals surface area contributed by atoms with Crippen molar-refractivity contribution in [3.05, 3.63) is 95.8 Å². The standard InChI is InChI=1S/C26H22N4O3/c1-32-20-9-6-17(7-10-20)26(31)30-25(19-8-11-22-24(15-19)28-13-12-27-22)16-23(29-30)18-4-3-5-21(14-18)33-2/h3-15,25H,16H2,1-2H3/t25-/m0/s1. The number of benzene rings is 3. The van der Waals surface area contributed by atoms with Crippen molar-refractivity contribution in [3.63, 3.8) is 0 Å². The lowest BCUT2D eigenvalue weighted by Crippen LogP contribution is -2.27. The van der Waals surface area contributed by atoms with Crippen LogP contribution in [0.1, 0.15) is 33.9 Å². The molecule has 0 saturated heterocycles. The summed E-state index contributed by atoms with van der Waals surface area (Å²) in [5, 5.41) is 6.33. The number of amides is 1. The number of fused-ring (bicyclic) bond motifs is 1. The van der Waals surface area contributed by atoms with Crippen LogP contribution in [-0.2, 0) is 0 Å². The van der Waals surface area contributed by atoms with Gasteiger partial charge in [0.1, 0.15) is 11.5 Å². The Kier molecular flexibility index (Phi) is 5.44. The Morgan fingerprint density at radius 1 is 0.879 bits per heavy atom. The van der Waals surface area contributed by atoms with Crippen LogP contribution in [0.3, 0.4) is 0 Å². The van der Waals surface area contributed by atoms with Crippen molar-refractivity contribution >= 4 is 22.7 Å². The number of methoxy groups -OCH3 is 2. The molecule has 0 radical (unpaired) electrons. The average molecular weight is 438 g/mol. The number of ether oxygens (including phenoxy) is 2. The minimum atomic E-state index is -0.271. The Morgan fingerprint density at radius 2 is 1.64 bits per heavy atom. The number of hydrogen-bond acceptors (Lipinski definition) is 6. The number of nitrogens with zero attached hydrogens (tertiary/aromatic N) is 4. The van der Waals surface area contributed by atoms with E-state index in [1.165, 1.54) is 0 Å². The van der Waals surface area contributed by atoms with Gasteiger partial charge in [-0.3, -0.25) is 14.8 Å². The van der Waals surface area contributed by atoms with Gasteiger partial charge in [-0.05, 0) is 54.1 Å². The van der Waals surface area contributed by atoms with Gasteiger partial charge in [0.2, 0.25) is 0 Å². The molecule has 7 heteroatoms. The van der Waals surface area contributed by atoms with Crippen LogP contribution in [0, 0.1) is 0 Å². The molecule has 0 bridgehead atoms. The smallest absolute Gasteiger partial charge is 0.274 e. The molecule has 164 valence electrons. The van der Waals surface area contributed by atoms with E-state index in [9.17, 15) is 4.79 Å². The van der Waals surface area contributed by atoms with Crippen LogP contribution >= 0.6 is 0 Å². The van der Waals surface area contributed by atoms with Crippen LogP contribution in [-0.4, -0.2) is 40.8 Å². The molecule has 1 aliphatic rings. The number of rotatable bonds is 5. The minimum Gasteiger partial charge on any atom is -0.497 e. The van der Waals surface area contributed by atoms with Crippen LogP contribution < -0.4 is 9.47 Å². The molecule has 5 rings (SSSR count). The number of carbonyl (C=O) groups is 1. The molecule has 0 spiro atoms. The normalized spacial score (nSPS) is 15.4. The van der Waals surface area contributed by atoms with Gasteiger partial charge in [-0.2, -0.15) is 5.10 Å². The summed E-state index contributed by atoms with van der Waals surface area (Å²) in [6.07, 6.45) is 3.90. The zero-order valence-corrected chi connectivity index (χ0v) is 18.3. The molecule has 0 N–H and O–H groups in total. The summed E-state index contributed by atoms with van der Waals surface area (Å²) < 4.78 is 10.6. The third-order valence-electron chi connectivity index (χ3n) is 5.74. The molecule has 1 aromatic heterocycles. The molecule has 0 fully saturated rings. The monoisotopic (exact) mass is 438 g/mol. The number of hydrazone groups is 1. The van der Waals surface area contributed by atoms with Crippen molar-refractivity contribution < 1.29 is 14.3 Å². The zero-order chi connectivity index (χ0) is 22.8. The van der Waals surface area contributed by atoms with Crippen LogP contribution in [0.15, 0.2) is 84.2 Å². The lowest BCUT2D eigenvalue weighted by atomic mass is 9.97. The summed E-state index contributed by atoms with van der Waals surface area (Å²) in [4.78, 5) is 22.3. The van der Waals surface area contributed by atoms with E-state index in [0.29, 0.717) is 17.7 Å². The molecule has 3 aromatic carbocycles. The summed E-state index contributed by atoms with van der Waals surface area (Å²) in [6, 6.07) is 20.4. The second-order valence-electron chi connectivity index (χ2n) is 7.68. The molecule has 0 saturated carbocycles. The molecule has 1 atom stereocenters. The van der Waals surface area contributed by atoms with Gasteiger partial charge in [0.15, 0.2) is 0 Å². The average Bonchev–Trinajstić information content (AvgIpc) is 3.33. The summed E-state index contributed by atoms with van der Waals surface area (Å²) in [7, 11) is 3.23. The van der Waals surface area contributed by atoms with Crippen LogP contribution in [0.2, 0.25) is 0 Å². The first kappa shape index (κ1) is 20.6. The molecule has 1 amide bonds. The summed E-state index contributed by atoms with van der Waals surface area (Å²) in [5.41, 5.74) is 4.82. The summed E-state index contributed by atoms with van der Waals surface area (Å²) >= 11 is 0. The Balaban J connectivity index is 1.55. The Bertz CT molecular complexity index is 1350. The predicted octanol–water partition coefficient (Wildman–Crippen LogP) is 4.64. The number of hydrogen-bond donors (Lipinski definition) is 0. The molecule has 1 aliphatic heterocycles. The highest BCUT2D eigenvalue weighted by molar-refractivity contribution is 6.05. The van der Waals surface area contributed by atoms with E-state index in [0.717, 1.165) is 33.6 Å². The van der Waals surface area contributed by atoms with Gasteiger partial charge in [0, 0.05) is 29.9 Å². The third kappa shape index (κ3) is 4.01. The predicted molar refractivity (Wildman–Crippen MR) is 126 cm³/mol. The van der Waals surface area contributed by atoms with Crippen molar-refractivity contribution in [3.8, 4) is 11.5 Å². The van der Waals surface area contributed by atoms with Crippen molar-refractivity contribution in [2.45, 2.75) is 12.5 Å². The lowest BCUT2D eigenvalue weighted by Gasteiger charge is -2.22. The Labute approximate surface area is 191 Å². The molecule has 7 nitrogen and oxygen atoms in total. The fourth-order valence-electron chi connectivity index (χ4n) is 3.99. The zero-order valence-electron chi connectivity index (χ0n) is 18.3. The van der Waals surface area contributed by atoms with Crippen molar-refractivity contribution in [2.75, 3.05) is 14.2 Å². The second kappa shape index (κ2) is 8.70. The largest absolute Gasteiger partial charge is 0.497 e. The lowest BCUT2D eigenvalue weighted by molar-refractivity contribution is 0.0711. The quantitative estimate of drug-likeness (QED) is 0.454. The van der Waals surface area contributed by atoms with Crippen molar-refractivity contribution in [2.24, 2.45) is 5.10 Å². The molecular weight excluding hydrogens is 416 g/mol. The van der Waals surface area contributed by atoms with Crippen molar-refractivity contribution in [1.82, 2.24) is 15.0 Å². The maximum atomic E-state index is 13.5. The summed E-state index contributed by atoms with van der Waals surface area (Å²) in [5.74, 6) is 1.26. The van der Waals surface area contributed by atoms with E-state index in [1.54, 1.807) is 55.9 Å². The highest BCUT2D eigenvalue weighted by Crippen LogP contribution is 2.35. The maximum Gasteiger partial charge on any atom is 0.274 e. The number of carbonyl (C=O) groups excluding carboxylic acids is 1. The van der Waals surface area contributed by atoms with Crippen LogP contribution in [0.4, 0.5) is 0 Å². The molecule has 33 heavy (non-hydrogen) atoms. The first-order valence-corrected chi connectivity index (χ1v) is 10.6. The van der Waals surface area contributed by atoms with Gasteiger partial charge < -0.3 is 9.47 Å². The topological polar surface area (TPSA) is 76.9 Å². The fourth-order valence-corrected chi connectivity index (χ4v) is 3.99. The van der Waals surface area contributed by atoms with Gasteiger partial charge in [-0.15, -0.1) is 0 Å². The summed E-state index contributed by atoms with van der Waals surface area (Å²) in [6.45, 7) is 0. The molecule has 4 aromatic rings. The van der Waals surface area contributed by atoms with Crippen LogP contribution in [0.25, 0.3) is 11.0 Å². The molecule has 2 heterocycles. The molecule has 0 unspecified atom stereocenters. The number of aromatic nitrogens is 2. The van der Waals surface area contributed by atoms with E-state index >= 15 is 0 Å². The Morgan fingerprint density at radius 3 is 2.39 bits per heavy atom. The second-order valence-corrected chi connectivity index (χ2v) is 7.68. The highest BCUT2D eigenvalue weighted by atomic mass is 16.5. The Hall–Kier alpha value is -4.26. The van der Waals surface area contributed by atoms with Crippen LogP contribution in [0.5, 0.6) is 11.5 Å². The van der Waals surface area contributed by atoms with Gasteiger partial charge in [0.25, 0.3) is 5.91 Å². The van der Waals surface area contributed by atoms with E-state index in [2.05, 4.69) is 9.97 Å². The fraction of sp³-hybridized carbons (Fsp3) is 0.154. The SMILES string of the molecule is COc1ccc(C(=O)N2N=C(c3cccc(OC)c3)C[C@H]2c2ccc3nccnc3c2)cc1. The van der Waals surface area contributed by atoms with Crippen molar-refractivity contribution in [1.29, 1.82) is 0 Å². The van der Waals surface area contributed by atoms with E-state index < -0.39 is 0 Å².